The molecule has 0 aliphatic rings. The summed E-state index contributed by atoms with van der Waals surface area (Å²) in [5.41, 5.74) is -2.01. The Morgan fingerprint density at radius 2 is 1.96 bits per heavy atom. The molecule has 0 fully saturated rings. The monoisotopic (exact) mass is 325 g/mol. The quantitative estimate of drug-likeness (QED) is 0.359. The number of hydrogen-bond acceptors (Lipinski definition) is 6. The second-order valence-electron chi connectivity index (χ2n) is 4.15. The molecule has 1 aromatic carbocycles. The molecule has 1 rings (SSSR count). The van der Waals surface area contributed by atoms with Crippen LogP contribution in [-0.4, -0.2) is 18.0 Å². The number of nitrogens with zero attached hydrogens (tertiary/aromatic N) is 3. The zero-order chi connectivity index (χ0) is 17.5. The summed E-state index contributed by atoms with van der Waals surface area (Å²) in [7, 11) is 0. The average molecular weight is 325 g/mol. The number of rotatable bonds is 6. The van der Waals surface area contributed by atoms with Gasteiger partial charge in [-0.05, 0) is 12.1 Å². The third-order valence-electron chi connectivity index (χ3n) is 2.59. The number of anilines is 1. The lowest BCUT2D eigenvalue weighted by Gasteiger charge is -2.10. The van der Waals surface area contributed by atoms with Crippen LogP contribution < -0.4 is 10.6 Å². The summed E-state index contributed by atoms with van der Waals surface area (Å²) in [4.78, 5) is 9.95. The van der Waals surface area contributed by atoms with E-state index in [1.54, 1.807) is 12.1 Å². The summed E-state index contributed by atoms with van der Waals surface area (Å²) in [6, 6.07) is 5.43. The normalized spacial score (nSPS) is 10.1. The van der Waals surface area contributed by atoms with Crippen LogP contribution in [0.3, 0.4) is 0 Å². The smallest absolute Gasteiger partial charge is 0.387 e. The van der Waals surface area contributed by atoms with Crippen LogP contribution in [0.25, 0.3) is 0 Å². The Labute approximate surface area is 128 Å². The average Bonchev–Trinajstić information content (AvgIpc) is 2.49. The molecule has 0 aliphatic carbocycles. The molecule has 1 aromatic rings. The van der Waals surface area contributed by atoms with Crippen molar-refractivity contribution in [1.82, 2.24) is 5.32 Å². The summed E-state index contributed by atoms with van der Waals surface area (Å²) in [5, 5.41) is 33.1. The Bertz CT molecular complexity index is 685. The number of allylic oxidation sites excluding steroid dienone is 1. The molecule has 0 saturated heterocycles. The Balaban J connectivity index is 2.75. The Morgan fingerprint density at radius 3 is 2.48 bits per heavy atom. The standard InChI is InChI=1S/C13H10F3N5O2/c14-13(15,16)10-1-2-11(12(5-10)21(22)23)20-4-3-19-8-9(6-17)7-18/h1-2,5,8,19-20H,3-4H2. The third-order valence-corrected chi connectivity index (χ3v) is 2.59. The minimum absolute atomic E-state index is 0.0606. The zero-order valence-electron chi connectivity index (χ0n) is 11.5. The van der Waals surface area contributed by atoms with Gasteiger partial charge in [0.1, 0.15) is 23.4 Å². The molecule has 23 heavy (non-hydrogen) atoms. The molecule has 0 aliphatic heterocycles. The minimum atomic E-state index is -4.67. The first-order valence-corrected chi connectivity index (χ1v) is 6.13. The highest BCUT2D eigenvalue weighted by atomic mass is 19.4. The summed E-state index contributed by atoms with van der Waals surface area (Å²) in [5.74, 6) is 0. The van der Waals surface area contributed by atoms with Crippen molar-refractivity contribution in [2.75, 3.05) is 18.4 Å². The van der Waals surface area contributed by atoms with Crippen molar-refractivity contribution in [3.63, 3.8) is 0 Å². The van der Waals surface area contributed by atoms with E-state index in [0.717, 1.165) is 12.1 Å². The van der Waals surface area contributed by atoms with Gasteiger partial charge in [-0.3, -0.25) is 10.1 Å². The highest BCUT2D eigenvalue weighted by Crippen LogP contribution is 2.34. The van der Waals surface area contributed by atoms with Gasteiger partial charge in [0.2, 0.25) is 0 Å². The molecule has 0 atom stereocenters. The van der Waals surface area contributed by atoms with Crippen molar-refractivity contribution in [2.24, 2.45) is 0 Å². The second-order valence-corrected chi connectivity index (χ2v) is 4.15. The van der Waals surface area contributed by atoms with Crippen LogP contribution in [0, 0.1) is 32.8 Å². The summed E-state index contributed by atoms with van der Waals surface area (Å²) >= 11 is 0. The van der Waals surface area contributed by atoms with Crippen molar-refractivity contribution in [1.29, 1.82) is 10.5 Å². The van der Waals surface area contributed by atoms with Crippen LogP contribution in [0.5, 0.6) is 0 Å². The Morgan fingerprint density at radius 1 is 1.30 bits per heavy atom. The van der Waals surface area contributed by atoms with Crippen LogP contribution in [0.2, 0.25) is 0 Å². The van der Waals surface area contributed by atoms with E-state index in [2.05, 4.69) is 10.6 Å². The van der Waals surface area contributed by atoms with Gasteiger partial charge >= 0.3 is 6.18 Å². The fraction of sp³-hybridized carbons (Fsp3) is 0.231. The molecule has 0 saturated carbocycles. The predicted molar refractivity (Wildman–Crippen MR) is 73.9 cm³/mol. The topological polar surface area (TPSA) is 115 Å². The van der Waals surface area contributed by atoms with Gasteiger partial charge < -0.3 is 10.6 Å². The molecule has 10 heteroatoms. The molecule has 0 spiro atoms. The van der Waals surface area contributed by atoms with Gasteiger partial charge in [-0.2, -0.15) is 23.7 Å². The molecule has 0 radical (unpaired) electrons. The molecule has 0 heterocycles. The van der Waals surface area contributed by atoms with E-state index in [1.807, 2.05) is 0 Å². The number of hydrogen-bond donors (Lipinski definition) is 2. The van der Waals surface area contributed by atoms with Gasteiger partial charge in [0, 0.05) is 25.4 Å². The number of alkyl halides is 3. The lowest BCUT2D eigenvalue weighted by atomic mass is 10.1. The maximum Gasteiger partial charge on any atom is 0.416 e. The van der Waals surface area contributed by atoms with Crippen molar-refractivity contribution in [3.8, 4) is 12.1 Å². The second kappa shape index (κ2) is 7.66. The third kappa shape index (κ3) is 5.21. The number of nitro benzene ring substituents is 1. The van der Waals surface area contributed by atoms with Crippen LogP contribution >= 0.6 is 0 Å². The highest BCUT2D eigenvalue weighted by molar-refractivity contribution is 5.63. The van der Waals surface area contributed by atoms with Crippen molar-refractivity contribution < 1.29 is 18.1 Å². The molecule has 0 bridgehead atoms. The fourth-order valence-electron chi connectivity index (χ4n) is 1.54. The largest absolute Gasteiger partial charge is 0.416 e. The van der Waals surface area contributed by atoms with Crippen molar-refractivity contribution in [2.45, 2.75) is 6.18 Å². The van der Waals surface area contributed by atoms with Gasteiger partial charge in [-0.15, -0.1) is 0 Å². The SMILES string of the molecule is N#CC(C#N)=CNCCNc1ccc(C(F)(F)F)cc1[N+](=O)[O-]. The lowest BCUT2D eigenvalue weighted by Crippen LogP contribution is -2.18. The van der Waals surface area contributed by atoms with E-state index < -0.39 is 22.4 Å². The van der Waals surface area contributed by atoms with Gasteiger partial charge in [-0.1, -0.05) is 0 Å². The molecule has 0 amide bonds. The molecule has 2 N–H and O–H groups in total. The van der Waals surface area contributed by atoms with Crippen molar-refractivity contribution in [3.05, 3.63) is 45.6 Å². The van der Waals surface area contributed by atoms with Crippen LogP contribution in [0.1, 0.15) is 5.56 Å². The summed E-state index contributed by atoms with van der Waals surface area (Å²) in [6.45, 7) is 0.331. The van der Waals surface area contributed by atoms with E-state index in [4.69, 9.17) is 10.5 Å². The van der Waals surface area contributed by atoms with Gasteiger partial charge in [0.05, 0.1) is 10.5 Å². The van der Waals surface area contributed by atoms with E-state index in [-0.39, 0.29) is 24.4 Å². The van der Waals surface area contributed by atoms with Crippen LogP contribution in [0.4, 0.5) is 24.5 Å². The molecular weight excluding hydrogens is 315 g/mol. The molecule has 0 aromatic heterocycles. The first-order chi connectivity index (χ1) is 10.8. The van der Waals surface area contributed by atoms with Crippen molar-refractivity contribution >= 4 is 11.4 Å². The molecule has 0 unspecified atom stereocenters. The molecular formula is C13H10F3N5O2. The number of benzene rings is 1. The Hall–Kier alpha value is -3.27. The fourth-order valence-corrected chi connectivity index (χ4v) is 1.54. The lowest BCUT2D eigenvalue weighted by molar-refractivity contribution is -0.384. The minimum Gasteiger partial charge on any atom is -0.387 e. The van der Waals surface area contributed by atoms with E-state index >= 15 is 0 Å². The first-order valence-electron chi connectivity index (χ1n) is 6.13. The molecule has 7 nitrogen and oxygen atoms in total. The highest BCUT2D eigenvalue weighted by Gasteiger charge is 2.32. The van der Waals surface area contributed by atoms with Crippen LogP contribution in [0.15, 0.2) is 30.0 Å². The first kappa shape index (κ1) is 17.8. The summed E-state index contributed by atoms with van der Waals surface area (Å²) < 4.78 is 37.6. The number of nitriles is 2. The van der Waals surface area contributed by atoms with Gasteiger partial charge in [0.25, 0.3) is 5.69 Å². The summed E-state index contributed by atoms with van der Waals surface area (Å²) in [6.07, 6.45) is -3.50. The Kier molecular flexibility index (Phi) is 5.92. The van der Waals surface area contributed by atoms with Gasteiger partial charge in [-0.25, -0.2) is 0 Å². The number of nitro groups is 1. The predicted octanol–water partition coefficient (Wildman–Crippen LogP) is 2.55. The van der Waals surface area contributed by atoms with Crippen LogP contribution in [-0.2, 0) is 6.18 Å². The molecule has 120 valence electrons. The van der Waals surface area contributed by atoms with E-state index in [0.29, 0.717) is 6.07 Å². The zero-order valence-corrected chi connectivity index (χ0v) is 11.5. The number of halogens is 3. The maximum absolute atomic E-state index is 12.5. The maximum atomic E-state index is 12.5. The van der Waals surface area contributed by atoms with Gasteiger partial charge in [0.15, 0.2) is 0 Å². The number of nitrogens with one attached hydrogen (secondary N) is 2. The van der Waals surface area contributed by atoms with E-state index in [1.165, 1.54) is 6.20 Å². The van der Waals surface area contributed by atoms with E-state index in [9.17, 15) is 23.3 Å².